The van der Waals surface area contributed by atoms with Gasteiger partial charge < -0.3 is 14.8 Å². The fraction of sp³-hybridized carbons (Fsp3) is 0.467. The molecule has 2 N–H and O–H groups in total. The lowest BCUT2D eigenvalue weighted by Crippen LogP contribution is -2.69. The van der Waals surface area contributed by atoms with Gasteiger partial charge in [0, 0.05) is 5.69 Å². The topological polar surface area (TPSA) is 76.7 Å². The predicted octanol–water partition coefficient (Wildman–Crippen LogP) is 2.97. The Kier molecular flexibility index (Phi) is 6.44. The zero-order valence-electron chi connectivity index (χ0n) is 13.5. The first-order chi connectivity index (χ1) is 11.2. The molecule has 0 saturated carbocycles. The summed E-state index contributed by atoms with van der Waals surface area (Å²) in [6.07, 6.45) is -6.59. The molecule has 1 amide bonds. The molecule has 1 unspecified atom stereocenters. The van der Waals surface area contributed by atoms with Crippen LogP contribution in [0.1, 0.15) is 19.4 Å². The first-order valence-corrected chi connectivity index (χ1v) is 7.20. The Balaban J connectivity index is 3.37. The summed E-state index contributed by atoms with van der Waals surface area (Å²) in [5, 5.41) is 3.62. The van der Waals surface area contributed by atoms with Gasteiger partial charge >= 0.3 is 23.9 Å². The molecular formula is C15H19F3N2O4. The molecule has 134 valence electrons. The zero-order chi connectivity index (χ0) is 18.4. The number of esters is 1. The average molecular weight is 348 g/mol. The van der Waals surface area contributed by atoms with E-state index in [9.17, 15) is 22.8 Å². The number of rotatable bonds is 6. The van der Waals surface area contributed by atoms with Crippen LogP contribution in [0.2, 0.25) is 0 Å². The first kappa shape index (κ1) is 19.6. The van der Waals surface area contributed by atoms with Gasteiger partial charge in [0.2, 0.25) is 0 Å². The lowest BCUT2D eigenvalue weighted by atomic mass is 10.1. The van der Waals surface area contributed by atoms with Crippen molar-refractivity contribution in [3.63, 3.8) is 0 Å². The Morgan fingerprint density at radius 3 is 2.17 bits per heavy atom. The Labute approximate surface area is 137 Å². The van der Waals surface area contributed by atoms with E-state index < -0.39 is 23.9 Å². The quantitative estimate of drug-likeness (QED) is 0.611. The fourth-order valence-corrected chi connectivity index (χ4v) is 1.87. The highest BCUT2D eigenvalue weighted by atomic mass is 19.4. The van der Waals surface area contributed by atoms with E-state index in [0.29, 0.717) is 5.56 Å². The molecule has 1 aromatic rings. The molecule has 1 rings (SSSR count). The largest absolute Gasteiger partial charge is 0.463 e. The number of carbonyl (C=O) groups is 2. The number of halogens is 3. The number of nitrogens with one attached hydrogen (secondary N) is 2. The van der Waals surface area contributed by atoms with Crippen molar-refractivity contribution in [2.24, 2.45) is 0 Å². The molecule has 1 aromatic carbocycles. The van der Waals surface area contributed by atoms with E-state index in [1.54, 1.807) is 24.4 Å². The number of alkyl carbamates (subject to hydrolysis) is 1. The highest BCUT2D eigenvalue weighted by Crippen LogP contribution is 2.34. The lowest BCUT2D eigenvalue weighted by Gasteiger charge is -2.35. The van der Waals surface area contributed by atoms with Crippen LogP contribution in [0.15, 0.2) is 24.3 Å². The number of ether oxygens (including phenoxy) is 2. The van der Waals surface area contributed by atoms with Crippen LogP contribution in [0.25, 0.3) is 0 Å². The van der Waals surface area contributed by atoms with E-state index in [2.05, 4.69) is 14.8 Å². The molecule has 24 heavy (non-hydrogen) atoms. The van der Waals surface area contributed by atoms with Gasteiger partial charge in [-0.15, -0.1) is 0 Å². The van der Waals surface area contributed by atoms with Gasteiger partial charge in [-0.05, 0) is 32.4 Å². The van der Waals surface area contributed by atoms with Crippen molar-refractivity contribution >= 4 is 17.7 Å². The van der Waals surface area contributed by atoms with E-state index in [-0.39, 0.29) is 18.9 Å². The van der Waals surface area contributed by atoms with Gasteiger partial charge in [-0.2, -0.15) is 13.2 Å². The van der Waals surface area contributed by atoms with Gasteiger partial charge in [-0.3, -0.25) is 5.32 Å². The summed E-state index contributed by atoms with van der Waals surface area (Å²) in [5.41, 5.74) is -3.01. The van der Waals surface area contributed by atoms with Gasteiger partial charge in [0.1, 0.15) is 0 Å². The second-order valence-corrected chi connectivity index (χ2v) is 4.75. The summed E-state index contributed by atoms with van der Waals surface area (Å²) in [5.74, 6) is -1.69. The molecule has 0 spiro atoms. The van der Waals surface area contributed by atoms with Crippen LogP contribution in [0, 0.1) is 6.92 Å². The molecule has 0 aliphatic heterocycles. The summed E-state index contributed by atoms with van der Waals surface area (Å²) in [6.45, 7) is 3.88. The summed E-state index contributed by atoms with van der Waals surface area (Å²) < 4.78 is 50.2. The van der Waals surface area contributed by atoms with E-state index in [0.717, 1.165) is 0 Å². The minimum absolute atomic E-state index is 0.0136. The molecule has 0 heterocycles. The Morgan fingerprint density at radius 2 is 1.67 bits per heavy atom. The van der Waals surface area contributed by atoms with Crippen molar-refractivity contribution in [1.82, 2.24) is 5.32 Å². The SMILES string of the molecule is CCOC(=O)NC(Nc1ccccc1C)(C(=O)OCC)C(F)(F)F. The summed E-state index contributed by atoms with van der Waals surface area (Å²) in [4.78, 5) is 23.7. The minimum Gasteiger partial charge on any atom is -0.463 e. The number of hydrogen-bond acceptors (Lipinski definition) is 5. The van der Waals surface area contributed by atoms with Crippen LogP contribution in [-0.4, -0.2) is 37.1 Å². The van der Waals surface area contributed by atoms with Crippen LogP contribution in [0.4, 0.5) is 23.7 Å². The van der Waals surface area contributed by atoms with Gasteiger partial charge in [0.05, 0.1) is 13.2 Å². The highest BCUT2D eigenvalue weighted by Gasteiger charge is 2.64. The van der Waals surface area contributed by atoms with Crippen molar-refractivity contribution in [2.75, 3.05) is 18.5 Å². The number of aryl methyl sites for hydroxylation is 1. The molecule has 0 saturated heterocycles. The smallest absolute Gasteiger partial charge is 0.442 e. The standard InChI is InChI=1S/C15H19F3N2O4/c1-4-23-12(21)14(15(16,17)18,20-13(22)24-5-2)19-11-9-7-6-8-10(11)3/h6-9,19H,4-5H2,1-3H3,(H,20,22). The third-order valence-electron chi connectivity index (χ3n) is 3.04. The molecule has 0 radical (unpaired) electrons. The maximum Gasteiger partial charge on any atom is 0.442 e. The molecule has 0 aromatic heterocycles. The van der Waals surface area contributed by atoms with E-state index in [4.69, 9.17) is 0 Å². The van der Waals surface area contributed by atoms with Gasteiger partial charge in [0.15, 0.2) is 0 Å². The van der Waals surface area contributed by atoms with Crippen LogP contribution in [-0.2, 0) is 14.3 Å². The van der Waals surface area contributed by atoms with Crippen LogP contribution < -0.4 is 10.6 Å². The fourth-order valence-electron chi connectivity index (χ4n) is 1.87. The molecule has 0 fully saturated rings. The van der Waals surface area contributed by atoms with Crippen molar-refractivity contribution in [1.29, 1.82) is 0 Å². The average Bonchev–Trinajstić information content (AvgIpc) is 2.48. The summed E-state index contributed by atoms with van der Waals surface area (Å²) in [7, 11) is 0. The summed E-state index contributed by atoms with van der Waals surface area (Å²) in [6, 6.07) is 6.02. The zero-order valence-corrected chi connectivity index (χ0v) is 13.5. The second kappa shape index (κ2) is 7.89. The molecular weight excluding hydrogens is 329 g/mol. The van der Waals surface area contributed by atoms with Crippen LogP contribution in [0.5, 0.6) is 0 Å². The number of anilines is 1. The van der Waals surface area contributed by atoms with E-state index >= 15 is 0 Å². The van der Waals surface area contributed by atoms with Crippen LogP contribution in [0.3, 0.4) is 0 Å². The molecule has 9 heteroatoms. The van der Waals surface area contributed by atoms with Gasteiger partial charge in [0.25, 0.3) is 0 Å². The van der Waals surface area contributed by atoms with Crippen molar-refractivity contribution in [3.8, 4) is 0 Å². The van der Waals surface area contributed by atoms with Crippen molar-refractivity contribution in [3.05, 3.63) is 29.8 Å². The Hall–Kier alpha value is -2.45. The van der Waals surface area contributed by atoms with Gasteiger partial charge in [-0.25, -0.2) is 9.59 Å². The first-order valence-electron chi connectivity index (χ1n) is 7.20. The van der Waals surface area contributed by atoms with Gasteiger partial charge in [-0.1, -0.05) is 18.2 Å². The third-order valence-corrected chi connectivity index (χ3v) is 3.04. The maximum absolute atomic E-state index is 13.7. The normalized spacial score (nSPS) is 13.6. The number of para-hydroxylation sites is 1. The monoisotopic (exact) mass is 348 g/mol. The number of alkyl halides is 3. The molecule has 6 nitrogen and oxygen atoms in total. The Morgan fingerprint density at radius 1 is 1.08 bits per heavy atom. The maximum atomic E-state index is 13.7. The number of hydrogen-bond donors (Lipinski definition) is 2. The summed E-state index contributed by atoms with van der Waals surface area (Å²) >= 11 is 0. The van der Waals surface area contributed by atoms with Crippen molar-refractivity contribution < 1.29 is 32.2 Å². The number of amides is 1. The number of carbonyl (C=O) groups excluding carboxylic acids is 2. The second-order valence-electron chi connectivity index (χ2n) is 4.75. The van der Waals surface area contributed by atoms with Crippen molar-refractivity contribution in [2.45, 2.75) is 32.6 Å². The highest BCUT2D eigenvalue weighted by molar-refractivity contribution is 5.89. The lowest BCUT2D eigenvalue weighted by molar-refractivity contribution is -0.205. The molecule has 0 aliphatic rings. The van der Waals surface area contributed by atoms with Crippen LogP contribution >= 0.6 is 0 Å². The Bertz CT molecular complexity index is 592. The third kappa shape index (κ3) is 4.30. The van der Waals surface area contributed by atoms with E-state index in [1.165, 1.54) is 26.0 Å². The number of benzene rings is 1. The minimum atomic E-state index is -5.19. The molecule has 1 atom stereocenters. The van der Waals surface area contributed by atoms with E-state index in [1.807, 2.05) is 0 Å². The predicted molar refractivity (Wildman–Crippen MR) is 80.4 cm³/mol. The molecule has 0 aliphatic carbocycles. The molecule has 0 bridgehead atoms.